The third-order valence-electron chi connectivity index (χ3n) is 7.53. The van der Waals surface area contributed by atoms with Gasteiger partial charge < -0.3 is 19.5 Å². The molecule has 30 heavy (non-hydrogen) atoms. The molecule has 1 aromatic carbocycles. The van der Waals surface area contributed by atoms with Crippen molar-refractivity contribution in [3.8, 4) is 0 Å². The fourth-order valence-electron chi connectivity index (χ4n) is 4.66. The second-order valence-corrected chi connectivity index (χ2v) is 11.3. The Labute approximate surface area is 182 Å². The molecule has 1 saturated heterocycles. The van der Waals surface area contributed by atoms with E-state index in [4.69, 9.17) is 9.31 Å². The van der Waals surface area contributed by atoms with Gasteiger partial charge in [-0.05, 0) is 83.9 Å². The quantitative estimate of drug-likeness (QED) is 0.754. The molecule has 2 fully saturated rings. The zero-order valence-electron chi connectivity index (χ0n) is 19.8. The van der Waals surface area contributed by atoms with Crippen LogP contribution in [0.2, 0.25) is 0 Å². The van der Waals surface area contributed by atoms with Crippen molar-refractivity contribution in [2.45, 2.75) is 96.9 Å². The number of carbonyl (C=O) groups is 1. The highest BCUT2D eigenvalue weighted by atomic mass is 16.7. The standard InChI is InChI=1S/C24H37BN2O3/c1-15(2)14-26-17-12-18(13-17)27-20-11-16(9-10-19(20)22(3,4)21(27)28)25-29-23(5,6)24(7,8)30-25/h9-11,15,17-18,26H,12-14H2,1-8H3. The Morgan fingerprint density at radius 3 is 2.27 bits per heavy atom. The molecule has 1 N–H and O–H groups in total. The summed E-state index contributed by atoms with van der Waals surface area (Å²) >= 11 is 0. The van der Waals surface area contributed by atoms with Gasteiger partial charge in [-0.15, -0.1) is 0 Å². The van der Waals surface area contributed by atoms with Crippen LogP contribution in [-0.2, 0) is 19.5 Å². The number of hydrogen-bond donors (Lipinski definition) is 1. The molecule has 2 aliphatic heterocycles. The van der Waals surface area contributed by atoms with Crippen LogP contribution in [0.5, 0.6) is 0 Å². The molecule has 0 unspecified atom stereocenters. The third-order valence-corrected chi connectivity index (χ3v) is 7.53. The predicted octanol–water partition coefficient (Wildman–Crippen LogP) is 3.39. The van der Waals surface area contributed by atoms with Crippen molar-refractivity contribution < 1.29 is 14.1 Å². The smallest absolute Gasteiger partial charge is 0.399 e. The van der Waals surface area contributed by atoms with Gasteiger partial charge in [-0.2, -0.15) is 0 Å². The first-order valence-corrected chi connectivity index (χ1v) is 11.4. The average molecular weight is 412 g/mol. The van der Waals surface area contributed by atoms with E-state index in [1.165, 1.54) is 0 Å². The SMILES string of the molecule is CC(C)CNC1CC(N2C(=O)C(C)(C)c3ccc(B4OC(C)(C)C(C)(C)O4)cc32)C1. The molecular formula is C24H37BN2O3. The molecule has 1 aromatic rings. The number of hydrogen-bond acceptors (Lipinski definition) is 4. The topological polar surface area (TPSA) is 50.8 Å². The molecule has 0 spiro atoms. The first-order valence-electron chi connectivity index (χ1n) is 11.4. The number of fused-ring (bicyclic) bond motifs is 1. The largest absolute Gasteiger partial charge is 0.494 e. The lowest BCUT2D eigenvalue weighted by Crippen LogP contribution is -2.55. The molecule has 2 heterocycles. The van der Waals surface area contributed by atoms with Crippen molar-refractivity contribution in [3.63, 3.8) is 0 Å². The Bertz CT molecular complexity index is 827. The van der Waals surface area contributed by atoms with Crippen LogP contribution in [0.1, 0.15) is 73.8 Å². The summed E-state index contributed by atoms with van der Waals surface area (Å²) in [6.07, 6.45) is 2.02. The van der Waals surface area contributed by atoms with Crippen LogP contribution in [0.25, 0.3) is 0 Å². The van der Waals surface area contributed by atoms with Gasteiger partial charge in [-0.1, -0.05) is 26.0 Å². The highest BCUT2D eigenvalue weighted by Gasteiger charge is 2.53. The van der Waals surface area contributed by atoms with Crippen LogP contribution >= 0.6 is 0 Å². The normalized spacial score (nSPS) is 28.8. The van der Waals surface area contributed by atoms with Crippen LogP contribution in [-0.4, -0.2) is 42.9 Å². The summed E-state index contributed by atoms with van der Waals surface area (Å²) in [5.41, 5.74) is 1.86. The minimum atomic E-state index is -0.500. The molecule has 1 amide bonds. The molecule has 164 valence electrons. The summed E-state index contributed by atoms with van der Waals surface area (Å²) < 4.78 is 12.5. The van der Waals surface area contributed by atoms with E-state index in [9.17, 15) is 4.79 Å². The Hall–Kier alpha value is -1.37. The number of anilines is 1. The molecule has 0 bridgehead atoms. The summed E-state index contributed by atoms with van der Waals surface area (Å²) in [5.74, 6) is 0.843. The molecule has 0 radical (unpaired) electrons. The zero-order valence-corrected chi connectivity index (χ0v) is 19.8. The molecule has 6 heteroatoms. The number of nitrogens with zero attached hydrogens (tertiary/aromatic N) is 1. The molecule has 0 atom stereocenters. The van der Waals surface area contributed by atoms with Crippen LogP contribution in [0.3, 0.4) is 0 Å². The number of benzene rings is 1. The zero-order chi connectivity index (χ0) is 22.1. The maximum absolute atomic E-state index is 13.4. The first kappa shape index (κ1) is 21.9. The van der Waals surface area contributed by atoms with Crippen LogP contribution in [0.4, 0.5) is 5.69 Å². The van der Waals surface area contributed by atoms with E-state index in [1.54, 1.807) is 0 Å². The van der Waals surface area contributed by atoms with Gasteiger partial charge in [0.05, 0.1) is 16.6 Å². The number of nitrogens with one attached hydrogen (secondary N) is 1. The lowest BCUT2D eigenvalue weighted by Gasteiger charge is -2.42. The highest BCUT2D eigenvalue weighted by molar-refractivity contribution is 6.62. The van der Waals surface area contributed by atoms with E-state index >= 15 is 0 Å². The minimum Gasteiger partial charge on any atom is -0.399 e. The fourth-order valence-corrected chi connectivity index (χ4v) is 4.66. The number of amides is 1. The van der Waals surface area contributed by atoms with Gasteiger partial charge in [0.25, 0.3) is 0 Å². The summed E-state index contributed by atoms with van der Waals surface area (Å²) in [6.45, 7) is 17.8. The molecule has 3 aliphatic rings. The highest BCUT2D eigenvalue weighted by Crippen LogP contribution is 2.45. The Morgan fingerprint density at radius 2 is 1.70 bits per heavy atom. The number of carbonyl (C=O) groups excluding carboxylic acids is 1. The molecule has 1 aliphatic carbocycles. The Morgan fingerprint density at radius 1 is 1.10 bits per heavy atom. The second-order valence-electron chi connectivity index (χ2n) is 11.3. The van der Waals surface area contributed by atoms with E-state index in [2.05, 4.69) is 70.0 Å². The van der Waals surface area contributed by atoms with Gasteiger partial charge in [-0.3, -0.25) is 4.79 Å². The lowest BCUT2D eigenvalue weighted by molar-refractivity contribution is -0.123. The third kappa shape index (κ3) is 3.41. The molecule has 1 saturated carbocycles. The van der Waals surface area contributed by atoms with Crippen molar-refractivity contribution >= 4 is 24.2 Å². The van der Waals surface area contributed by atoms with E-state index in [0.29, 0.717) is 12.0 Å². The van der Waals surface area contributed by atoms with Gasteiger partial charge in [0.2, 0.25) is 5.91 Å². The van der Waals surface area contributed by atoms with Crippen molar-refractivity contribution in [1.29, 1.82) is 0 Å². The molecular weight excluding hydrogens is 375 g/mol. The summed E-state index contributed by atoms with van der Waals surface area (Å²) in [5, 5.41) is 3.63. The monoisotopic (exact) mass is 412 g/mol. The molecule has 0 aromatic heterocycles. The van der Waals surface area contributed by atoms with Crippen molar-refractivity contribution in [2.75, 3.05) is 11.4 Å². The van der Waals surface area contributed by atoms with Crippen molar-refractivity contribution in [1.82, 2.24) is 5.32 Å². The molecule has 5 nitrogen and oxygen atoms in total. The van der Waals surface area contributed by atoms with E-state index in [1.807, 2.05) is 13.8 Å². The van der Waals surface area contributed by atoms with Crippen LogP contribution in [0, 0.1) is 5.92 Å². The van der Waals surface area contributed by atoms with Gasteiger partial charge in [0.1, 0.15) is 0 Å². The Kier molecular flexibility index (Phi) is 5.15. The first-order chi connectivity index (χ1) is 13.8. The maximum atomic E-state index is 13.4. The second kappa shape index (κ2) is 7.08. The number of rotatable bonds is 5. The lowest BCUT2D eigenvalue weighted by atomic mass is 9.76. The summed E-state index contributed by atoms with van der Waals surface area (Å²) in [6, 6.07) is 7.05. The predicted molar refractivity (Wildman–Crippen MR) is 122 cm³/mol. The van der Waals surface area contributed by atoms with Gasteiger partial charge >= 0.3 is 7.12 Å². The van der Waals surface area contributed by atoms with Gasteiger partial charge in [0.15, 0.2) is 0 Å². The van der Waals surface area contributed by atoms with Gasteiger partial charge in [0, 0.05) is 17.8 Å². The van der Waals surface area contributed by atoms with E-state index < -0.39 is 12.5 Å². The van der Waals surface area contributed by atoms with E-state index in [-0.39, 0.29) is 23.2 Å². The average Bonchev–Trinajstić information content (AvgIpc) is 2.93. The van der Waals surface area contributed by atoms with Gasteiger partial charge in [-0.25, -0.2) is 0 Å². The Balaban J connectivity index is 1.58. The summed E-state index contributed by atoms with van der Waals surface area (Å²) in [7, 11) is -0.414. The van der Waals surface area contributed by atoms with E-state index in [0.717, 1.165) is 36.1 Å². The maximum Gasteiger partial charge on any atom is 0.494 e. The van der Waals surface area contributed by atoms with Crippen molar-refractivity contribution in [2.24, 2.45) is 5.92 Å². The summed E-state index contributed by atoms with van der Waals surface area (Å²) in [4.78, 5) is 15.4. The van der Waals surface area contributed by atoms with Crippen LogP contribution in [0.15, 0.2) is 18.2 Å². The fraction of sp³-hybridized carbons (Fsp3) is 0.708. The molecule has 4 rings (SSSR count). The minimum absolute atomic E-state index is 0.205. The van der Waals surface area contributed by atoms with Crippen molar-refractivity contribution in [3.05, 3.63) is 23.8 Å². The van der Waals surface area contributed by atoms with Crippen LogP contribution < -0.4 is 15.7 Å².